The maximum absolute atomic E-state index is 11.0. The van der Waals surface area contributed by atoms with Gasteiger partial charge in [0.15, 0.2) is 0 Å². The molecular weight excluding hydrogens is 266 g/mol. The molecule has 0 aliphatic carbocycles. The average molecular weight is 279 g/mol. The van der Waals surface area contributed by atoms with Crippen molar-refractivity contribution in [2.24, 2.45) is 5.73 Å². The summed E-state index contributed by atoms with van der Waals surface area (Å²) in [6.07, 6.45) is 2.54. The molecule has 3 rings (SSSR count). The van der Waals surface area contributed by atoms with E-state index in [1.54, 1.807) is 30.6 Å². The number of nitrogens with two attached hydrogens (primary N) is 1. The first-order valence-electron chi connectivity index (χ1n) is 6.46. The monoisotopic (exact) mass is 279 g/mol. The summed E-state index contributed by atoms with van der Waals surface area (Å²) in [4.78, 5) is 26.1. The van der Waals surface area contributed by atoms with Crippen LogP contribution in [0.25, 0.3) is 11.0 Å². The van der Waals surface area contributed by atoms with Crippen LogP contribution in [0.15, 0.2) is 48.8 Å². The molecule has 2 N–H and O–H groups in total. The lowest BCUT2D eigenvalue weighted by molar-refractivity contribution is 0.1000. The molecule has 0 spiro atoms. The number of fused-ring (bicyclic) bond motifs is 1. The number of carbonyl (C=O) groups is 2. The Labute approximate surface area is 121 Å². The molecule has 104 valence electrons. The van der Waals surface area contributed by atoms with E-state index in [0.29, 0.717) is 17.7 Å². The normalized spacial score (nSPS) is 10.7. The Morgan fingerprint density at radius 3 is 2.62 bits per heavy atom. The summed E-state index contributed by atoms with van der Waals surface area (Å²) >= 11 is 0. The first-order chi connectivity index (χ1) is 10.2. The molecule has 0 aliphatic heterocycles. The second-order valence-electron chi connectivity index (χ2n) is 4.80. The number of carbonyl (C=O) groups excluding carboxylic acids is 2. The molecule has 1 heterocycles. The molecule has 0 saturated carbocycles. The van der Waals surface area contributed by atoms with Gasteiger partial charge in [-0.3, -0.25) is 9.59 Å². The minimum atomic E-state index is -0.434. The minimum absolute atomic E-state index is 0.434. The Morgan fingerprint density at radius 1 is 1.19 bits per heavy atom. The number of primary amides is 1. The average Bonchev–Trinajstić information content (AvgIpc) is 2.90. The zero-order valence-corrected chi connectivity index (χ0v) is 11.2. The molecule has 2 aromatic carbocycles. The number of aromatic nitrogens is 2. The Balaban J connectivity index is 1.91. The highest BCUT2D eigenvalue weighted by Gasteiger charge is 2.05. The van der Waals surface area contributed by atoms with Crippen LogP contribution in [0.2, 0.25) is 0 Å². The largest absolute Gasteiger partial charge is 0.366 e. The topological polar surface area (TPSA) is 78.0 Å². The molecule has 5 heteroatoms. The van der Waals surface area contributed by atoms with Crippen molar-refractivity contribution in [1.82, 2.24) is 9.55 Å². The smallest absolute Gasteiger partial charge is 0.248 e. The molecule has 21 heavy (non-hydrogen) atoms. The third-order valence-electron chi connectivity index (χ3n) is 3.37. The molecule has 1 amide bonds. The highest BCUT2D eigenvalue weighted by Crippen LogP contribution is 2.16. The van der Waals surface area contributed by atoms with Crippen LogP contribution in [0, 0.1) is 0 Å². The van der Waals surface area contributed by atoms with Crippen LogP contribution in [-0.4, -0.2) is 21.7 Å². The summed E-state index contributed by atoms with van der Waals surface area (Å²) in [5, 5.41) is 0. The van der Waals surface area contributed by atoms with E-state index in [1.807, 2.05) is 22.8 Å². The summed E-state index contributed by atoms with van der Waals surface area (Å²) in [7, 11) is 0. The van der Waals surface area contributed by atoms with Gasteiger partial charge < -0.3 is 10.3 Å². The number of amides is 1. The number of nitrogens with zero attached hydrogens (tertiary/aromatic N) is 2. The van der Waals surface area contributed by atoms with Gasteiger partial charge in [-0.05, 0) is 35.9 Å². The summed E-state index contributed by atoms with van der Waals surface area (Å²) in [6.45, 7) is 0.635. The Bertz CT molecular complexity index is 819. The van der Waals surface area contributed by atoms with Crippen LogP contribution in [0.1, 0.15) is 26.3 Å². The number of hydrogen-bond donors (Lipinski definition) is 1. The van der Waals surface area contributed by atoms with Crippen LogP contribution >= 0.6 is 0 Å². The number of hydrogen-bond acceptors (Lipinski definition) is 3. The van der Waals surface area contributed by atoms with Gasteiger partial charge in [-0.25, -0.2) is 4.98 Å². The van der Waals surface area contributed by atoms with Crippen molar-refractivity contribution in [3.8, 4) is 0 Å². The molecular formula is C16H13N3O2. The summed E-state index contributed by atoms with van der Waals surface area (Å²) in [5.74, 6) is -0.434. The van der Waals surface area contributed by atoms with Gasteiger partial charge in [0.1, 0.15) is 6.29 Å². The van der Waals surface area contributed by atoms with Crippen LogP contribution in [0.5, 0.6) is 0 Å². The first-order valence-corrected chi connectivity index (χ1v) is 6.46. The quantitative estimate of drug-likeness (QED) is 0.742. The predicted molar refractivity (Wildman–Crippen MR) is 79.2 cm³/mol. The number of rotatable bonds is 4. The second-order valence-corrected chi connectivity index (χ2v) is 4.80. The van der Waals surface area contributed by atoms with Crippen molar-refractivity contribution < 1.29 is 9.59 Å². The maximum atomic E-state index is 11.0. The van der Waals surface area contributed by atoms with Crippen molar-refractivity contribution in [2.45, 2.75) is 6.54 Å². The number of benzene rings is 2. The summed E-state index contributed by atoms with van der Waals surface area (Å²) < 4.78 is 1.99. The first kappa shape index (κ1) is 13.1. The fourth-order valence-corrected chi connectivity index (χ4v) is 2.25. The van der Waals surface area contributed by atoms with Gasteiger partial charge in [0.25, 0.3) is 0 Å². The van der Waals surface area contributed by atoms with Gasteiger partial charge in [0.05, 0.1) is 17.4 Å². The van der Waals surface area contributed by atoms with Crippen molar-refractivity contribution in [3.05, 3.63) is 65.5 Å². The summed E-state index contributed by atoms with van der Waals surface area (Å²) in [5.41, 5.74) is 9.10. The van der Waals surface area contributed by atoms with E-state index in [4.69, 9.17) is 5.73 Å². The summed E-state index contributed by atoms with van der Waals surface area (Å²) in [6, 6.07) is 12.6. The molecule has 0 radical (unpaired) electrons. The van der Waals surface area contributed by atoms with E-state index in [2.05, 4.69) is 4.98 Å². The predicted octanol–water partition coefficient (Wildman–Crippen LogP) is 2.00. The molecule has 0 fully saturated rings. The van der Waals surface area contributed by atoms with Gasteiger partial charge in [0.2, 0.25) is 5.91 Å². The number of imidazole rings is 1. The minimum Gasteiger partial charge on any atom is -0.366 e. The van der Waals surface area contributed by atoms with E-state index in [-0.39, 0.29) is 0 Å². The fraction of sp³-hybridized carbons (Fsp3) is 0.0625. The third-order valence-corrected chi connectivity index (χ3v) is 3.37. The Morgan fingerprint density at radius 2 is 1.95 bits per heavy atom. The van der Waals surface area contributed by atoms with Gasteiger partial charge in [0, 0.05) is 17.7 Å². The number of aldehydes is 1. The van der Waals surface area contributed by atoms with E-state index in [0.717, 1.165) is 22.9 Å². The Kier molecular flexibility index (Phi) is 3.23. The van der Waals surface area contributed by atoms with Gasteiger partial charge in [-0.2, -0.15) is 0 Å². The maximum Gasteiger partial charge on any atom is 0.248 e. The van der Waals surface area contributed by atoms with Crippen molar-refractivity contribution >= 4 is 23.2 Å². The molecule has 0 bridgehead atoms. The molecule has 5 nitrogen and oxygen atoms in total. The third kappa shape index (κ3) is 2.53. The van der Waals surface area contributed by atoms with Crippen LogP contribution in [0.4, 0.5) is 0 Å². The SMILES string of the molecule is NC(=O)c1ccc(Cn2cnc3cc(C=O)ccc32)cc1. The standard InChI is InChI=1S/C16H13N3O2/c17-16(21)13-4-1-11(2-5-13)8-19-10-18-14-7-12(9-20)3-6-15(14)19/h1-7,9-10H,8H2,(H2,17,21). The van der Waals surface area contributed by atoms with E-state index in [1.165, 1.54) is 0 Å². The zero-order valence-electron chi connectivity index (χ0n) is 11.2. The highest BCUT2D eigenvalue weighted by atomic mass is 16.1. The van der Waals surface area contributed by atoms with E-state index < -0.39 is 5.91 Å². The molecule has 0 unspecified atom stereocenters. The molecule has 3 aromatic rings. The second kappa shape index (κ2) is 5.20. The van der Waals surface area contributed by atoms with Crippen LogP contribution < -0.4 is 5.73 Å². The highest BCUT2D eigenvalue weighted by molar-refractivity contribution is 5.92. The fourth-order valence-electron chi connectivity index (χ4n) is 2.25. The lowest BCUT2D eigenvalue weighted by Gasteiger charge is -2.05. The van der Waals surface area contributed by atoms with Gasteiger partial charge >= 0.3 is 0 Å². The van der Waals surface area contributed by atoms with Crippen LogP contribution in [0.3, 0.4) is 0 Å². The van der Waals surface area contributed by atoms with Crippen molar-refractivity contribution in [2.75, 3.05) is 0 Å². The lowest BCUT2D eigenvalue weighted by atomic mass is 10.1. The van der Waals surface area contributed by atoms with Crippen molar-refractivity contribution in [3.63, 3.8) is 0 Å². The zero-order chi connectivity index (χ0) is 14.8. The molecule has 0 atom stereocenters. The molecule has 0 aliphatic rings. The van der Waals surface area contributed by atoms with Gasteiger partial charge in [-0.15, -0.1) is 0 Å². The Hall–Kier alpha value is -2.95. The molecule has 1 aromatic heterocycles. The molecule has 0 saturated heterocycles. The van der Waals surface area contributed by atoms with E-state index >= 15 is 0 Å². The van der Waals surface area contributed by atoms with Crippen LogP contribution in [-0.2, 0) is 6.54 Å². The van der Waals surface area contributed by atoms with Gasteiger partial charge in [-0.1, -0.05) is 12.1 Å². The van der Waals surface area contributed by atoms with E-state index in [9.17, 15) is 9.59 Å². The lowest BCUT2D eigenvalue weighted by Crippen LogP contribution is -2.10. The van der Waals surface area contributed by atoms with Crippen molar-refractivity contribution in [1.29, 1.82) is 0 Å².